The smallest absolute Gasteiger partial charge is 0.323 e. The van der Waals surface area contributed by atoms with Gasteiger partial charge in [0.2, 0.25) is 0 Å². The minimum atomic E-state index is -0.515. The van der Waals surface area contributed by atoms with E-state index < -0.39 is 11.9 Å². The number of halogens is 1. The molecule has 1 aliphatic heterocycles. The fraction of sp³-hybridized carbons (Fsp3) is 0.321. The number of aromatic nitrogens is 1. The van der Waals surface area contributed by atoms with E-state index in [1.165, 1.54) is 6.08 Å². The lowest BCUT2D eigenvalue weighted by atomic mass is 10.0. The van der Waals surface area contributed by atoms with Crippen LogP contribution >= 0.6 is 0 Å². The number of carbonyl (C=O) groups excluding carboxylic acids is 2. The molecule has 8 nitrogen and oxygen atoms in total. The molecule has 3 N–H and O–H groups in total. The Kier molecular flexibility index (Phi) is 8.22. The first-order valence-corrected chi connectivity index (χ1v) is 12.5. The Morgan fingerprint density at radius 2 is 1.95 bits per heavy atom. The van der Waals surface area contributed by atoms with E-state index >= 15 is 0 Å². The van der Waals surface area contributed by atoms with Crippen LogP contribution in [0.5, 0.6) is 5.75 Å². The van der Waals surface area contributed by atoms with Gasteiger partial charge in [0, 0.05) is 37.6 Å². The third-order valence-corrected chi connectivity index (χ3v) is 6.24. The van der Waals surface area contributed by atoms with Gasteiger partial charge >= 0.3 is 6.03 Å². The fourth-order valence-corrected chi connectivity index (χ4v) is 4.19. The van der Waals surface area contributed by atoms with Gasteiger partial charge in [0.05, 0.1) is 22.7 Å². The highest BCUT2D eigenvalue weighted by Gasteiger charge is 2.20. The topological polar surface area (TPSA) is 98.8 Å². The van der Waals surface area contributed by atoms with Crippen molar-refractivity contribution >= 4 is 23.3 Å². The molecule has 2 atom stereocenters. The van der Waals surface area contributed by atoms with Gasteiger partial charge in [-0.1, -0.05) is 13.0 Å². The zero-order valence-electron chi connectivity index (χ0n) is 21.3. The van der Waals surface area contributed by atoms with Crippen molar-refractivity contribution in [1.82, 2.24) is 15.2 Å². The van der Waals surface area contributed by atoms with E-state index in [4.69, 9.17) is 4.74 Å². The van der Waals surface area contributed by atoms with E-state index in [0.29, 0.717) is 42.9 Å². The summed E-state index contributed by atoms with van der Waals surface area (Å²) in [6, 6.07) is 8.26. The lowest BCUT2D eigenvalue weighted by Crippen LogP contribution is -2.30. The highest BCUT2D eigenvalue weighted by atomic mass is 19.1. The molecule has 37 heavy (non-hydrogen) atoms. The van der Waals surface area contributed by atoms with Crippen molar-refractivity contribution in [1.29, 1.82) is 0 Å². The molecule has 0 spiro atoms. The van der Waals surface area contributed by atoms with Crippen molar-refractivity contribution in [3.8, 4) is 5.75 Å². The Bertz CT molecular complexity index is 1250. The van der Waals surface area contributed by atoms with Gasteiger partial charge in [-0.2, -0.15) is 0 Å². The quantitative estimate of drug-likeness (QED) is 0.439. The normalized spacial score (nSPS) is 18.9. The fourth-order valence-electron chi connectivity index (χ4n) is 4.19. The van der Waals surface area contributed by atoms with Crippen LogP contribution in [0.4, 0.5) is 14.9 Å². The summed E-state index contributed by atoms with van der Waals surface area (Å²) in [4.78, 5) is 34.3. The van der Waals surface area contributed by atoms with Gasteiger partial charge in [0.15, 0.2) is 0 Å². The maximum Gasteiger partial charge on any atom is 0.323 e. The van der Waals surface area contributed by atoms with Crippen LogP contribution in [-0.2, 0) is 0 Å². The summed E-state index contributed by atoms with van der Waals surface area (Å²) in [6.07, 6.45) is 9.37. The summed E-state index contributed by atoms with van der Waals surface area (Å²) >= 11 is 0. The lowest BCUT2D eigenvalue weighted by molar-refractivity contribution is 0.0773. The van der Waals surface area contributed by atoms with Gasteiger partial charge < -0.3 is 25.3 Å². The monoisotopic (exact) mass is 505 g/mol. The molecule has 2 heterocycles. The number of nitrogens with zero attached hydrogens (tertiary/aromatic N) is 2. The molecule has 0 saturated carbocycles. The molecule has 0 radical (unpaired) electrons. The third-order valence-electron chi connectivity index (χ3n) is 6.24. The maximum atomic E-state index is 13.9. The van der Waals surface area contributed by atoms with E-state index in [1.54, 1.807) is 47.6 Å². The van der Waals surface area contributed by atoms with Crippen LogP contribution in [0.25, 0.3) is 0 Å². The molecule has 1 aromatic carbocycles. The van der Waals surface area contributed by atoms with Gasteiger partial charge in [-0.3, -0.25) is 9.79 Å². The number of carbonyl (C=O) groups is 2. The number of amides is 3. The van der Waals surface area contributed by atoms with Gasteiger partial charge in [-0.05, 0) is 68.7 Å². The van der Waals surface area contributed by atoms with Gasteiger partial charge in [0.25, 0.3) is 5.91 Å². The van der Waals surface area contributed by atoms with Gasteiger partial charge in [-0.25, -0.2) is 9.18 Å². The molecular weight excluding hydrogens is 473 g/mol. The Balaban J connectivity index is 1.31. The standard InChI is InChI=1S/C28H32FN5O3/c1-4-34(5-2)27(35)19-15-25(31-17-19)26-16-22(12-13-30-26)37-21-9-7-20(8-10-21)32-28(36)33-24-14-18(3)6-11-23(24)29/h7-15,17-18,22,31H,4-6,16H2,1-3H3,(H2,32,33,36). The first kappa shape index (κ1) is 25.9. The van der Waals surface area contributed by atoms with E-state index in [0.717, 1.165) is 11.4 Å². The minimum Gasteiger partial charge on any atom is -0.486 e. The lowest BCUT2D eigenvalue weighted by Gasteiger charge is -2.19. The number of anilines is 1. The summed E-state index contributed by atoms with van der Waals surface area (Å²) in [5, 5.41) is 5.26. The summed E-state index contributed by atoms with van der Waals surface area (Å²) in [5.74, 6) is 0.357. The van der Waals surface area contributed by atoms with Crippen molar-refractivity contribution in [2.24, 2.45) is 10.9 Å². The van der Waals surface area contributed by atoms with Crippen LogP contribution < -0.4 is 15.4 Å². The van der Waals surface area contributed by atoms with Gasteiger partial charge in [-0.15, -0.1) is 0 Å². The van der Waals surface area contributed by atoms with E-state index in [1.807, 2.05) is 32.9 Å². The number of allylic oxidation sites excluding steroid dienone is 3. The molecule has 9 heteroatoms. The van der Waals surface area contributed by atoms with E-state index in [9.17, 15) is 14.0 Å². The number of H-pyrrole nitrogens is 1. The van der Waals surface area contributed by atoms with Crippen LogP contribution in [0.15, 0.2) is 77.5 Å². The third kappa shape index (κ3) is 6.55. The summed E-state index contributed by atoms with van der Waals surface area (Å²) in [7, 11) is 0. The van der Waals surface area contributed by atoms with Crippen molar-refractivity contribution in [2.45, 2.75) is 39.7 Å². The average Bonchev–Trinajstić information content (AvgIpc) is 3.39. The first-order chi connectivity index (χ1) is 17.9. The zero-order valence-corrected chi connectivity index (χ0v) is 21.3. The first-order valence-electron chi connectivity index (χ1n) is 12.5. The SMILES string of the molecule is CCN(CC)C(=O)c1c[nH]c(C2=NC=CC(Oc3ccc(NC(=O)NC4=CC(C)CC=C4F)cc3)C2)c1. The van der Waals surface area contributed by atoms with E-state index in [2.05, 4.69) is 20.6 Å². The molecule has 2 aliphatic rings. The van der Waals surface area contributed by atoms with Crippen molar-refractivity contribution in [3.05, 3.63) is 83.7 Å². The average molecular weight is 506 g/mol. The van der Waals surface area contributed by atoms with E-state index in [-0.39, 0.29) is 23.6 Å². The number of benzene rings is 1. The molecule has 2 unspecified atom stereocenters. The highest BCUT2D eigenvalue weighted by molar-refractivity contribution is 6.03. The number of hydrogen-bond donors (Lipinski definition) is 3. The Labute approximate surface area is 216 Å². The van der Waals surface area contributed by atoms with Crippen molar-refractivity contribution in [3.63, 3.8) is 0 Å². The second-order valence-corrected chi connectivity index (χ2v) is 9.01. The van der Waals surface area contributed by atoms with Crippen LogP contribution in [0.3, 0.4) is 0 Å². The molecule has 194 valence electrons. The molecule has 1 aliphatic carbocycles. The number of nitrogens with one attached hydrogen (secondary N) is 3. The van der Waals surface area contributed by atoms with Crippen LogP contribution in [-0.4, -0.2) is 46.7 Å². The predicted octanol–water partition coefficient (Wildman–Crippen LogP) is 5.55. The number of urea groups is 1. The molecule has 4 rings (SSSR count). The number of hydrogen-bond acceptors (Lipinski definition) is 4. The molecule has 1 aromatic heterocycles. The molecule has 2 aromatic rings. The molecule has 0 bridgehead atoms. The second-order valence-electron chi connectivity index (χ2n) is 9.01. The number of ether oxygens (including phenoxy) is 1. The molecule has 0 saturated heterocycles. The summed E-state index contributed by atoms with van der Waals surface area (Å²) in [5.41, 5.74) is 2.93. The van der Waals surface area contributed by atoms with Crippen molar-refractivity contribution < 1.29 is 18.7 Å². The van der Waals surface area contributed by atoms with Crippen molar-refractivity contribution in [2.75, 3.05) is 18.4 Å². The Morgan fingerprint density at radius 1 is 1.19 bits per heavy atom. The van der Waals surface area contributed by atoms with Crippen LogP contribution in [0.2, 0.25) is 0 Å². The summed E-state index contributed by atoms with van der Waals surface area (Å²) < 4.78 is 20.0. The molecule has 3 amide bonds. The Morgan fingerprint density at radius 3 is 2.68 bits per heavy atom. The Hall–Kier alpha value is -4.14. The van der Waals surface area contributed by atoms with Crippen LogP contribution in [0.1, 0.15) is 49.7 Å². The molecule has 0 fully saturated rings. The summed E-state index contributed by atoms with van der Waals surface area (Å²) in [6.45, 7) is 7.18. The maximum absolute atomic E-state index is 13.9. The highest BCUT2D eigenvalue weighted by Crippen LogP contribution is 2.23. The largest absolute Gasteiger partial charge is 0.486 e. The second kappa shape index (κ2) is 11.7. The number of aromatic amines is 1. The zero-order chi connectivity index (χ0) is 26.4. The van der Waals surface area contributed by atoms with Gasteiger partial charge in [0.1, 0.15) is 17.7 Å². The minimum absolute atomic E-state index is 0.0127. The predicted molar refractivity (Wildman–Crippen MR) is 142 cm³/mol. The van der Waals surface area contributed by atoms with Crippen LogP contribution in [0, 0.1) is 5.92 Å². The number of aliphatic imine (C=N–C) groups is 1. The molecular formula is C28H32FN5O3. The number of rotatable bonds is 8.